The zero-order chi connectivity index (χ0) is 20.4. The topological polar surface area (TPSA) is 82.6 Å². The highest BCUT2D eigenvalue weighted by atomic mass is 32.1. The molecule has 0 unspecified atom stereocenters. The van der Waals surface area contributed by atoms with E-state index in [0.717, 1.165) is 35.4 Å². The fourth-order valence-corrected chi connectivity index (χ4v) is 4.72. The molecule has 0 amide bonds. The van der Waals surface area contributed by atoms with Gasteiger partial charge in [-0.05, 0) is 46.9 Å². The van der Waals surface area contributed by atoms with Crippen LogP contribution >= 0.6 is 11.3 Å². The first kappa shape index (κ1) is 19.7. The molecule has 2 aromatic heterocycles. The Bertz CT molecular complexity index is 1090. The number of hydrogen-bond donors (Lipinski definition) is 2. The number of fused-ring (bicyclic) bond motifs is 2. The Morgan fingerprint density at radius 2 is 2.21 bits per heavy atom. The molecule has 4 rings (SSSR count). The van der Waals surface area contributed by atoms with E-state index in [2.05, 4.69) is 40.4 Å². The summed E-state index contributed by atoms with van der Waals surface area (Å²) in [6.07, 6.45) is 1.57. The lowest BCUT2D eigenvalue weighted by Crippen LogP contribution is -2.32. The highest BCUT2D eigenvalue weighted by molar-refractivity contribution is 7.17. The van der Waals surface area contributed by atoms with E-state index in [4.69, 9.17) is 9.84 Å². The molecular formula is C22H24N2O4S. The van der Waals surface area contributed by atoms with Crippen molar-refractivity contribution in [2.75, 3.05) is 6.54 Å². The van der Waals surface area contributed by atoms with Crippen molar-refractivity contribution in [2.24, 2.45) is 0 Å². The maximum Gasteiger partial charge on any atom is 0.303 e. The van der Waals surface area contributed by atoms with Gasteiger partial charge in [-0.1, -0.05) is 19.1 Å². The molecule has 3 heterocycles. The second-order valence-corrected chi connectivity index (χ2v) is 8.39. The number of carbonyl (C=O) groups is 1. The number of benzene rings is 1. The Kier molecular flexibility index (Phi) is 5.69. The van der Waals surface area contributed by atoms with Gasteiger partial charge < -0.3 is 14.8 Å². The number of aromatic amines is 1. The van der Waals surface area contributed by atoms with Crippen LogP contribution < -0.4 is 10.3 Å². The van der Waals surface area contributed by atoms with Crippen LogP contribution in [0.2, 0.25) is 0 Å². The van der Waals surface area contributed by atoms with Crippen molar-refractivity contribution in [3.63, 3.8) is 0 Å². The average molecular weight is 413 g/mol. The summed E-state index contributed by atoms with van der Waals surface area (Å²) in [5.74, 6) is -0.0385. The van der Waals surface area contributed by atoms with Crippen molar-refractivity contribution in [3.8, 4) is 5.75 Å². The number of nitrogens with one attached hydrogen (secondary N) is 1. The molecule has 1 aromatic carbocycles. The van der Waals surface area contributed by atoms with Crippen LogP contribution in [0.5, 0.6) is 5.75 Å². The van der Waals surface area contributed by atoms with Crippen LogP contribution in [0.25, 0.3) is 10.1 Å². The number of H-pyrrole nitrogens is 1. The van der Waals surface area contributed by atoms with E-state index in [0.29, 0.717) is 19.5 Å². The van der Waals surface area contributed by atoms with Gasteiger partial charge in [0.15, 0.2) is 0 Å². The van der Waals surface area contributed by atoms with Crippen LogP contribution in [-0.4, -0.2) is 33.6 Å². The minimum absolute atomic E-state index is 0.0520. The first-order chi connectivity index (χ1) is 14.0. The second kappa shape index (κ2) is 8.39. The van der Waals surface area contributed by atoms with E-state index in [9.17, 15) is 9.59 Å². The van der Waals surface area contributed by atoms with Gasteiger partial charge in [0.2, 0.25) is 5.56 Å². The average Bonchev–Trinajstić information content (AvgIpc) is 3.09. The smallest absolute Gasteiger partial charge is 0.303 e. The standard InChI is InChI=1S/C22H24N2O4S/c1-2-17-12-24(13-18-19(28-17)4-5-20(25)23-18)11-16-10-14(3-6-21(26)27)9-15-7-8-29-22(15)16/h4-5,7-10,17H,2-3,6,11-13H2,1H3,(H,23,25)(H,26,27)/t17-/m1/s1. The van der Waals surface area contributed by atoms with E-state index in [1.165, 1.54) is 16.3 Å². The maximum absolute atomic E-state index is 11.8. The Labute approximate surface area is 172 Å². The van der Waals surface area contributed by atoms with Gasteiger partial charge in [-0.2, -0.15) is 0 Å². The molecule has 1 aliphatic heterocycles. The molecular weight excluding hydrogens is 388 g/mol. The van der Waals surface area contributed by atoms with E-state index >= 15 is 0 Å². The number of carboxylic acid groups (broad SMARTS) is 1. The molecule has 6 nitrogen and oxygen atoms in total. The molecule has 0 aliphatic carbocycles. The van der Waals surface area contributed by atoms with Crippen LogP contribution in [0.15, 0.2) is 40.5 Å². The number of aryl methyl sites for hydroxylation is 1. The predicted octanol–water partition coefficient (Wildman–Crippen LogP) is 3.78. The summed E-state index contributed by atoms with van der Waals surface area (Å²) in [6, 6.07) is 9.56. The van der Waals surface area contributed by atoms with Gasteiger partial charge in [0.05, 0.1) is 5.69 Å². The summed E-state index contributed by atoms with van der Waals surface area (Å²) in [5.41, 5.74) is 2.91. The third-order valence-electron chi connectivity index (χ3n) is 5.26. The fraction of sp³-hybridized carbons (Fsp3) is 0.364. The largest absolute Gasteiger partial charge is 0.487 e. The first-order valence-corrected chi connectivity index (χ1v) is 10.7. The SMILES string of the molecule is CC[C@@H]1CN(Cc2cc(CCC(=O)O)cc3ccsc23)Cc2[nH]c(=O)ccc2O1. The first-order valence-electron chi connectivity index (χ1n) is 9.84. The van der Waals surface area contributed by atoms with Gasteiger partial charge in [0.25, 0.3) is 0 Å². The monoisotopic (exact) mass is 412 g/mol. The molecule has 1 atom stereocenters. The number of carboxylic acids is 1. The van der Waals surface area contributed by atoms with Crippen molar-refractivity contribution in [1.82, 2.24) is 9.88 Å². The number of aromatic nitrogens is 1. The van der Waals surface area contributed by atoms with Gasteiger partial charge in [0, 0.05) is 36.8 Å². The second-order valence-electron chi connectivity index (χ2n) is 7.47. The van der Waals surface area contributed by atoms with Crippen molar-refractivity contribution in [1.29, 1.82) is 0 Å². The van der Waals surface area contributed by atoms with E-state index < -0.39 is 5.97 Å². The molecule has 0 spiro atoms. The van der Waals surface area contributed by atoms with Gasteiger partial charge >= 0.3 is 5.97 Å². The number of rotatable bonds is 6. The fourth-order valence-electron chi connectivity index (χ4n) is 3.84. The molecule has 0 fully saturated rings. The van der Waals surface area contributed by atoms with Crippen molar-refractivity contribution in [3.05, 3.63) is 62.9 Å². The van der Waals surface area contributed by atoms with Crippen molar-refractivity contribution in [2.45, 2.75) is 45.4 Å². The van der Waals surface area contributed by atoms with Crippen LogP contribution in [0.4, 0.5) is 0 Å². The number of thiophene rings is 1. The minimum Gasteiger partial charge on any atom is -0.487 e. The van der Waals surface area contributed by atoms with Crippen LogP contribution in [0.3, 0.4) is 0 Å². The highest BCUT2D eigenvalue weighted by Gasteiger charge is 2.23. The summed E-state index contributed by atoms with van der Waals surface area (Å²) in [5, 5.41) is 12.3. The zero-order valence-electron chi connectivity index (χ0n) is 16.3. The normalized spacial score (nSPS) is 16.9. The highest BCUT2D eigenvalue weighted by Crippen LogP contribution is 2.30. The predicted molar refractivity (Wildman–Crippen MR) is 114 cm³/mol. The summed E-state index contributed by atoms with van der Waals surface area (Å²) >= 11 is 1.70. The van der Waals surface area contributed by atoms with Crippen LogP contribution in [0, 0.1) is 0 Å². The molecule has 0 radical (unpaired) electrons. The summed E-state index contributed by atoms with van der Waals surface area (Å²) in [7, 11) is 0. The molecule has 3 aromatic rings. The quantitative estimate of drug-likeness (QED) is 0.644. The van der Waals surface area contributed by atoms with Crippen LogP contribution in [0.1, 0.15) is 36.6 Å². The zero-order valence-corrected chi connectivity index (χ0v) is 17.1. The third-order valence-corrected chi connectivity index (χ3v) is 6.27. The number of pyridine rings is 1. The maximum atomic E-state index is 11.8. The number of nitrogens with zero attached hydrogens (tertiary/aromatic N) is 1. The molecule has 152 valence electrons. The molecule has 0 bridgehead atoms. The summed E-state index contributed by atoms with van der Waals surface area (Å²) in [4.78, 5) is 28.0. The van der Waals surface area contributed by atoms with E-state index in [1.54, 1.807) is 17.4 Å². The Hall–Kier alpha value is -2.64. The molecule has 2 N–H and O–H groups in total. The van der Waals surface area contributed by atoms with E-state index in [-0.39, 0.29) is 18.1 Å². The molecule has 0 saturated carbocycles. The number of aliphatic carboxylic acids is 1. The lowest BCUT2D eigenvalue weighted by molar-refractivity contribution is -0.136. The number of ether oxygens (including phenoxy) is 1. The van der Waals surface area contributed by atoms with Gasteiger partial charge in [-0.25, -0.2) is 0 Å². The van der Waals surface area contributed by atoms with Crippen molar-refractivity contribution >= 4 is 27.4 Å². The Morgan fingerprint density at radius 3 is 3.00 bits per heavy atom. The van der Waals surface area contributed by atoms with Crippen molar-refractivity contribution < 1.29 is 14.6 Å². The lowest BCUT2D eigenvalue weighted by atomic mass is 10.0. The Balaban J connectivity index is 1.65. The van der Waals surface area contributed by atoms with Gasteiger partial charge in [0.1, 0.15) is 11.9 Å². The van der Waals surface area contributed by atoms with Crippen LogP contribution in [-0.2, 0) is 24.3 Å². The van der Waals surface area contributed by atoms with E-state index in [1.807, 2.05) is 0 Å². The summed E-state index contributed by atoms with van der Waals surface area (Å²) in [6.45, 7) is 4.19. The lowest BCUT2D eigenvalue weighted by Gasteiger charge is -2.23. The molecule has 0 saturated heterocycles. The number of hydrogen-bond acceptors (Lipinski definition) is 5. The van der Waals surface area contributed by atoms with Gasteiger partial charge in [-0.15, -0.1) is 11.3 Å². The third kappa shape index (κ3) is 4.52. The molecule has 1 aliphatic rings. The summed E-state index contributed by atoms with van der Waals surface area (Å²) < 4.78 is 7.34. The molecule has 29 heavy (non-hydrogen) atoms. The molecule has 7 heteroatoms. The van der Waals surface area contributed by atoms with Gasteiger partial charge in [-0.3, -0.25) is 14.5 Å². The Morgan fingerprint density at radius 1 is 1.34 bits per heavy atom. The minimum atomic E-state index is -0.784.